The zero-order chi connectivity index (χ0) is 17.5. The van der Waals surface area contributed by atoms with Crippen molar-refractivity contribution in [2.24, 2.45) is 0 Å². The van der Waals surface area contributed by atoms with Crippen LogP contribution in [0.1, 0.15) is 18.5 Å². The van der Waals surface area contributed by atoms with E-state index in [1.165, 1.54) is 12.8 Å². The van der Waals surface area contributed by atoms with E-state index in [9.17, 15) is 0 Å². The fourth-order valence-corrected chi connectivity index (χ4v) is 3.28. The SMILES string of the molecule is Cc1cc2c(NC3CC3)cccc2c(Oc2cccc3cccnc23)n1. The Hall–Kier alpha value is -3.14. The van der Waals surface area contributed by atoms with Crippen molar-refractivity contribution in [2.75, 3.05) is 5.32 Å². The summed E-state index contributed by atoms with van der Waals surface area (Å²) < 4.78 is 6.26. The Kier molecular flexibility index (Phi) is 3.49. The lowest BCUT2D eigenvalue weighted by Gasteiger charge is -2.14. The van der Waals surface area contributed by atoms with Gasteiger partial charge in [0.1, 0.15) is 5.52 Å². The molecule has 1 fully saturated rings. The van der Waals surface area contributed by atoms with Crippen LogP contribution in [0.15, 0.2) is 60.8 Å². The van der Waals surface area contributed by atoms with Crippen LogP contribution in [0.2, 0.25) is 0 Å². The normalized spacial score (nSPS) is 13.9. The molecule has 4 aromatic rings. The summed E-state index contributed by atoms with van der Waals surface area (Å²) in [4.78, 5) is 9.14. The van der Waals surface area contributed by atoms with Crippen LogP contribution in [0.3, 0.4) is 0 Å². The van der Waals surface area contributed by atoms with E-state index in [2.05, 4.69) is 39.6 Å². The summed E-state index contributed by atoms with van der Waals surface area (Å²) in [7, 11) is 0. The van der Waals surface area contributed by atoms with Crippen molar-refractivity contribution in [3.05, 3.63) is 66.5 Å². The second kappa shape index (κ2) is 5.99. The molecular weight excluding hydrogens is 322 g/mol. The second-order valence-corrected chi connectivity index (χ2v) is 6.82. The summed E-state index contributed by atoms with van der Waals surface area (Å²) in [5.41, 5.74) is 2.93. The van der Waals surface area contributed by atoms with E-state index < -0.39 is 0 Å². The minimum absolute atomic E-state index is 0.598. The minimum atomic E-state index is 0.598. The molecule has 0 radical (unpaired) electrons. The molecule has 2 aromatic carbocycles. The maximum absolute atomic E-state index is 6.26. The number of para-hydroxylation sites is 1. The fourth-order valence-electron chi connectivity index (χ4n) is 3.28. The standard InChI is InChI=1S/C22H19N3O/c1-14-13-18-17(7-3-8-19(18)25-16-10-11-16)22(24-14)26-20-9-2-5-15-6-4-12-23-21(15)20/h2-9,12-13,16,25H,10-11H2,1H3. The number of anilines is 1. The fraction of sp³-hybridized carbons (Fsp3) is 0.182. The molecule has 0 bridgehead atoms. The zero-order valence-electron chi connectivity index (χ0n) is 14.6. The molecule has 0 atom stereocenters. The molecule has 0 spiro atoms. The first-order chi connectivity index (χ1) is 12.8. The van der Waals surface area contributed by atoms with Crippen LogP contribution in [0, 0.1) is 6.92 Å². The van der Waals surface area contributed by atoms with E-state index in [4.69, 9.17) is 4.74 Å². The van der Waals surface area contributed by atoms with Gasteiger partial charge in [-0.15, -0.1) is 0 Å². The Balaban J connectivity index is 1.64. The number of aryl methyl sites for hydroxylation is 1. The van der Waals surface area contributed by atoms with Crippen molar-refractivity contribution in [3.63, 3.8) is 0 Å². The first kappa shape index (κ1) is 15.1. The molecule has 128 valence electrons. The third kappa shape index (κ3) is 2.73. The van der Waals surface area contributed by atoms with Crippen LogP contribution in [0.5, 0.6) is 11.6 Å². The predicted octanol–water partition coefficient (Wildman–Crippen LogP) is 5.46. The Labute approximate surface area is 151 Å². The Morgan fingerprint density at radius 1 is 1.00 bits per heavy atom. The van der Waals surface area contributed by atoms with Crippen LogP contribution in [0.4, 0.5) is 5.69 Å². The number of pyridine rings is 2. The van der Waals surface area contributed by atoms with Crippen LogP contribution in [-0.4, -0.2) is 16.0 Å². The molecule has 2 aromatic heterocycles. The summed E-state index contributed by atoms with van der Waals surface area (Å²) in [5, 5.41) is 6.82. The summed E-state index contributed by atoms with van der Waals surface area (Å²) >= 11 is 0. The van der Waals surface area contributed by atoms with E-state index in [1.807, 2.05) is 37.3 Å². The van der Waals surface area contributed by atoms with Crippen molar-refractivity contribution in [3.8, 4) is 11.6 Å². The monoisotopic (exact) mass is 341 g/mol. The third-order valence-electron chi connectivity index (χ3n) is 4.71. The average molecular weight is 341 g/mol. The smallest absolute Gasteiger partial charge is 0.227 e. The summed E-state index contributed by atoms with van der Waals surface area (Å²) in [5.74, 6) is 1.35. The predicted molar refractivity (Wildman–Crippen MR) is 105 cm³/mol. The highest BCUT2D eigenvalue weighted by molar-refractivity contribution is 5.97. The van der Waals surface area contributed by atoms with Gasteiger partial charge in [0.15, 0.2) is 5.75 Å². The Morgan fingerprint density at radius 2 is 1.85 bits per heavy atom. The van der Waals surface area contributed by atoms with Crippen molar-refractivity contribution in [1.82, 2.24) is 9.97 Å². The molecule has 26 heavy (non-hydrogen) atoms. The average Bonchev–Trinajstić information content (AvgIpc) is 3.47. The highest BCUT2D eigenvalue weighted by Crippen LogP contribution is 2.36. The molecule has 0 aliphatic heterocycles. The number of fused-ring (bicyclic) bond motifs is 2. The van der Waals surface area contributed by atoms with Gasteiger partial charge in [0.05, 0.1) is 0 Å². The highest BCUT2D eigenvalue weighted by Gasteiger charge is 2.22. The van der Waals surface area contributed by atoms with Gasteiger partial charge in [0.25, 0.3) is 0 Å². The molecule has 1 saturated carbocycles. The zero-order valence-corrected chi connectivity index (χ0v) is 14.6. The number of hydrogen-bond donors (Lipinski definition) is 1. The highest BCUT2D eigenvalue weighted by atomic mass is 16.5. The number of aromatic nitrogens is 2. The van der Waals surface area contributed by atoms with Crippen molar-refractivity contribution in [2.45, 2.75) is 25.8 Å². The van der Waals surface area contributed by atoms with E-state index in [0.29, 0.717) is 11.9 Å². The molecule has 1 aliphatic carbocycles. The number of benzene rings is 2. The Bertz CT molecular complexity index is 1110. The number of hydrogen-bond acceptors (Lipinski definition) is 4. The molecule has 0 saturated heterocycles. The first-order valence-electron chi connectivity index (χ1n) is 8.96. The number of ether oxygens (including phenoxy) is 1. The van der Waals surface area contributed by atoms with Crippen LogP contribution < -0.4 is 10.1 Å². The topological polar surface area (TPSA) is 47.0 Å². The molecule has 0 amide bonds. The number of nitrogens with one attached hydrogen (secondary N) is 1. The van der Waals surface area contributed by atoms with Gasteiger partial charge in [0.2, 0.25) is 5.88 Å². The van der Waals surface area contributed by atoms with Gasteiger partial charge in [0, 0.05) is 39.8 Å². The first-order valence-corrected chi connectivity index (χ1v) is 8.96. The lowest BCUT2D eigenvalue weighted by Crippen LogP contribution is -2.02. The number of nitrogens with zero attached hydrogens (tertiary/aromatic N) is 2. The largest absolute Gasteiger partial charge is 0.436 e. The summed E-state index contributed by atoms with van der Waals surface area (Å²) in [6.45, 7) is 2.00. The van der Waals surface area contributed by atoms with Crippen molar-refractivity contribution < 1.29 is 4.74 Å². The third-order valence-corrected chi connectivity index (χ3v) is 4.71. The Morgan fingerprint density at radius 3 is 2.73 bits per heavy atom. The van der Waals surface area contributed by atoms with Gasteiger partial charge in [-0.2, -0.15) is 0 Å². The van der Waals surface area contributed by atoms with Gasteiger partial charge in [-0.05, 0) is 50.1 Å². The van der Waals surface area contributed by atoms with Crippen molar-refractivity contribution >= 4 is 27.4 Å². The van der Waals surface area contributed by atoms with E-state index >= 15 is 0 Å². The van der Waals surface area contributed by atoms with Gasteiger partial charge < -0.3 is 10.1 Å². The lowest BCUT2D eigenvalue weighted by atomic mass is 10.1. The van der Waals surface area contributed by atoms with Gasteiger partial charge in [-0.1, -0.05) is 24.3 Å². The molecule has 5 rings (SSSR count). The van der Waals surface area contributed by atoms with Crippen molar-refractivity contribution in [1.29, 1.82) is 0 Å². The summed E-state index contributed by atoms with van der Waals surface area (Å²) in [6.07, 6.45) is 4.27. The lowest BCUT2D eigenvalue weighted by molar-refractivity contribution is 0.472. The van der Waals surface area contributed by atoms with Crippen LogP contribution in [-0.2, 0) is 0 Å². The molecule has 1 aliphatic rings. The summed E-state index contributed by atoms with van der Waals surface area (Å²) in [6, 6.07) is 18.9. The van der Waals surface area contributed by atoms with E-state index in [1.54, 1.807) is 6.20 Å². The minimum Gasteiger partial charge on any atom is -0.436 e. The van der Waals surface area contributed by atoms with Crippen LogP contribution >= 0.6 is 0 Å². The molecule has 2 heterocycles. The van der Waals surface area contributed by atoms with Crippen LogP contribution in [0.25, 0.3) is 21.7 Å². The molecule has 0 unspecified atom stereocenters. The maximum Gasteiger partial charge on any atom is 0.227 e. The van der Waals surface area contributed by atoms with E-state index in [-0.39, 0.29) is 0 Å². The molecule has 1 N–H and O–H groups in total. The number of rotatable bonds is 4. The van der Waals surface area contributed by atoms with Gasteiger partial charge in [-0.3, -0.25) is 4.98 Å². The van der Waals surface area contributed by atoms with Gasteiger partial charge >= 0.3 is 0 Å². The van der Waals surface area contributed by atoms with E-state index in [0.717, 1.165) is 38.8 Å². The quantitative estimate of drug-likeness (QED) is 0.535. The molecular formula is C22H19N3O. The molecule has 4 heteroatoms. The second-order valence-electron chi connectivity index (χ2n) is 6.82. The van der Waals surface area contributed by atoms with Gasteiger partial charge in [-0.25, -0.2) is 4.98 Å². The molecule has 4 nitrogen and oxygen atoms in total. The maximum atomic E-state index is 6.26.